The number of hydrogen-bond donors (Lipinski definition) is 1. The monoisotopic (exact) mass is 467 g/mol. The van der Waals surface area contributed by atoms with E-state index in [1.54, 1.807) is 12.3 Å². The van der Waals surface area contributed by atoms with Crippen LogP contribution in [0.2, 0.25) is 0 Å². The third-order valence-corrected chi connectivity index (χ3v) is 6.58. The molecule has 5 rings (SSSR count). The van der Waals surface area contributed by atoms with Crippen LogP contribution in [0.25, 0.3) is 20.8 Å². The second-order valence-electron chi connectivity index (χ2n) is 8.31. The molecule has 170 valence electrons. The summed E-state index contributed by atoms with van der Waals surface area (Å²) in [5.74, 6) is 0.338. The van der Waals surface area contributed by atoms with Crippen LogP contribution in [0.3, 0.4) is 0 Å². The summed E-state index contributed by atoms with van der Waals surface area (Å²) in [6, 6.07) is 9.61. The summed E-state index contributed by atoms with van der Waals surface area (Å²) in [6.07, 6.45) is 2.66. The van der Waals surface area contributed by atoms with Gasteiger partial charge in [-0.25, -0.2) is 23.7 Å². The van der Waals surface area contributed by atoms with Crippen molar-refractivity contribution in [1.29, 1.82) is 0 Å². The fourth-order valence-electron chi connectivity index (χ4n) is 4.00. The summed E-state index contributed by atoms with van der Waals surface area (Å²) in [4.78, 5) is 15.8. The topological polar surface area (TPSA) is 63.2 Å². The molecule has 0 amide bonds. The highest BCUT2D eigenvalue weighted by Gasteiger charge is 2.22. The molecule has 1 saturated heterocycles. The van der Waals surface area contributed by atoms with Gasteiger partial charge in [-0.2, -0.15) is 0 Å². The molecule has 1 aliphatic heterocycles. The van der Waals surface area contributed by atoms with Crippen molar-refractivity contribution in [3.05, 3.63) is 65.5 Å². The number of benzene rings is 1. The molecule has 0 aliphatic carbocycles. The van der Waals surface area contributed by atoms with E-state index < -0.39 is 11.6 Å². The Morgan fingerprint density at radius 3 is 2.67 bits per heavy atom. The van der Waals surface area contributed by atoms with E-state index in [0.717, 1.165) is 36.6 Å². The lowest BCUT2D eigenvalue weighted by atomic mass is 9.96. The van der Waals surface area contributed by atoms with Crippen molar-refractivity contribution in [3.8, 4) is 10.6 Å². The fourth-order valence-corrected chi connectivity index (χ4v) is 4.97. The van der Waals surface area contributed by atoms with E-state index in [2.05, 4.69) is 26.3 Å². The van der Waals surface area contributed by atoms with Crippen molar-refractivity contribution in [2.75, 3.05) is 32.6 Å². The quantitative estimate of drug-likeness (QED) is 0.413. The Morgan fingerprint density at radius 1 is 1.12 bits per heavy atom. The van der Waals surface area contributed by atoms with Gasteiger partial charge in [-0.05, 0) is 44.3 Å². The molecule has 6 nitrogen and oxygen atoms in total. The zero-order chi connectivity index (χ0) is 22.9. The zero-order valence-corrected chi connectivity index (χ0v) is 19.1. The minimum atomic E-state index is -0.634. The standard InChI is InChI=1S/C24H23F2N5OS/c1-31(2)12-19-15(14-8-9-32-13-14)6-7-21(28-19)30-22-10-18-20(11-27-22)33-24(29-18)23-16(25)4-3-5-17(23)26/h3-7,10-11,14H,8-9,12-13H2,1-2H3,(H,27,28,30). The van der Waals surface area contributed by atoms with Gasteiger partial charge in [-0.15, -0.1) is 11.3 Å². The Morgan fingerprint density at radius 2 is 1.94 bits per heavy atom. The molecule has 3 aromatic heterocycles. The summed E-state index contributed by atoms with van der Waals surface area (Å²) >= 11 is 1.20. The number of ether oxygens (including phenoxy) is 1. The molecule has 1 fully saturated rings. The van der Waals surface area contributed by atoms with Crippen molar-refractivity contribution < 1.29 is 13.5 Å². The Balaban J connectivity index is 1.44. The lowest BCUT2D eigenvalue weighted by Gasteiger charge is -2.18. The van der Waals surface area contributed by atoms with Gasteiger partial charge in [0, 0.05) is 31.3 Å². The van der Waals surface area contributed by atoms with Crippen LogP contribution in [-0.4, -0.2) is 47.2 Å². The average molecular weight is 468 g/mol. The highest BCUT2D eigenvalue weighted by molar-refractivity contribution is 7.21. The van der Waals surface area contributed by atoms with Gasteiger partial charge in [0.1, 0.15) is 28.3 Å². The van der Waals surface area contributed by atoms with E-state index in [9.17, 15) is 8.78 Å². The highest BCUT2D eigenvalue weighted by Crippen LogP contribution is 2.34. The molecule has 0 spiro atoms. The maximum Gasteiger partial charge on any atom is 0.136 e. The van der Waals surface area contributed by atoms with Gasteiger partial charge >= 0.3 is 0 Å². The summed E-state index contributed by atoms with van der Waals surface area (Å²) in [5, 5.41) is 3.53. The van der Waals surface area contributed by atoms with Gasteiger partial charge in [-0.3, -0.25) is 0 Å². The van der Waals surface area contributed by atoms with Gasteiger partial charge < -0.3 is 15.0 Å². The maximum atomic E-state index is 14.2. The number of pyridine rings is 2. The molecule has 4 aromatic rings. The van der Waals surface area contributed by atoms with Gasteiger partial charge in [-0.1, -0.05) is 12.1 Å². The minimum Gasteiger partial charge on any atom is -0.381 e. The van der Waals surface area contributed by atoms with Crippen molar-refractivity contribution in [3.63, 3.8) is 0 Å². The van der Waals surface area contributed by atoms with Crippen LogP contribution >= 0.6 is 11.3 Å². The van der Waals surface area contributed by atoms with Gasteiger partial charge in [0.05, 0.1) is 28.1 Å². The molecule has 1 N–H and O–H groups in total. The SMILES string of the molecule is CN(C)Cc1nc(Nc2cc3nc(-c4c(F)cccc4F)sc3cn2)ccc1C1CCOC1. The van der Waals surface area contributed by atoms with Crippen molar-refractivity contribution in [2.24, 2.45) is 0 Å². The molecule has 4 heterocycles. The Bertz CT molecular complexity index is 1280. The summed E-state index contributed by atoms with van der Waals surface area (Å²) in [7, 11) is 4.04. The lowest BCUT2D eigenvalue weighted by molar-refractivity contribution is 0.193. The molecule has 0 saturated carbocycles. The highest BCUT2D eigenvalue weighted by atomic mass is 32.1. The second-order valence-corrected chi connectivity index (χ2v) is 9.34. The Hall–Kier alpha value is -3.01. The first-order chi connectivity index (χ1) is 16.0. The van der Waals surface area contributed by atoms with Crippen LogP contribution in [0.4, 0.5) is 20.4 Å². The molecule has 0 bridgehead atoms. The molecular weight excluding hydrogens is 444 g/mol. The van der Waals surface area contributed by atoms with E-state index in [0.29, 0.717) is 23.1 Å². The number of fused-ring (bicyclic) bond motifs is 1. The third kappa shape index (κ3) is 4.57. The molecule has 1 aromatic carbocycles. The molecule has 1 aliphatic rings. The molecule has 33 heavy (non-hydrogen) atoms. The molecule has 0 radical (unpaired) electrons. The number of thiazole rings is 1. The number of halogens is 2. The first-order valence-corrected chi connectivity index (χ1v) is 11.5. The number of aromatic nitrogens is 3. The largest absolute Gasteiger partial charge is 0.381 e. The van der Waals surface area contributed by atoms with Gasteiger partial charge in [0.15, 0.2) is 0 Å². The molecule has 1 atom stereocenters. The van der Waals surface area contributed by atoms with Crippen LogP contribution in [0.1, 0.15) is 23.6 Å². The minimum absolute atomic E-state index is 0.116. The number of rotatable bonds is 6. The van der Waals surface area contributed by atoms with Crippen molar-refractivity contribution in [1.82, 2.24) is 19.9 Å². The molecule has 9 heteroatoms. The summed E-state index contributed by atoms with van der Waals surface area (Å²) in [5.41, 5.74) is 2.72. The van der Waals surface area contributed by atoms with Gasteiger partial charge in [0.25, 0.3) is 0 Å². The fraction of sp³-hybridized carbons (Fsp3) is 0.292. The van der Waals surface area contributed by atoms with Crippen LogP contribution in [0, 0.1) is 11.6 Å². The van der Waals surface area contributed by atoms with Crippen LogP contribution in [-0.2, 0) is 11.3 Å². The van der Waals surface area contributed by atoms with E-state index >= 15 is 0 Å². The summed E-state index contributed by atoms with van der Waals surface area (Å²) < 4.78 is 34.7. The average Bonchev–Trinajstić information content (AvgIpc) is 3.43. The van der Waals surface area contributed by atoms with Crippen LogP contribution < -0.4 is 5.32 Å². The van der Waals surface area contributed by atoms with Crippen molar-refractivity contribution in [2.45, 2.75) is 18.9 Å². The predicted octanol–water partition coefficient (Wildman–Crippen LogP) is 5.34. The number of anilines is 2. The lowest BCUT2D eigenvalue weighted by Crippen LogP contribution is -2.16. The normalized spacial score (nSPS) is 16.1. The number of hydrogen-bond acceptors (Lipinski definition) is 7. The second kappa shape index (κ2) is 9.09. The van der Waals surface area contributed by atoms with E-state index in [4.69, 9.17) is 9.72 Å². The van der Waals surface area contributed by atoms with E-state index in [1.807, 2.05) is 20.2 Å². The van der Waals surface area contributed by atoms with Crippen LogP contribution in [0.15, 0.2) is 42.6 Å². The number of nitrogens with zero attached hydrogens (tertiary/aromatic N) is 4. The van der Waals surface area contributed by atoms with E-state index in [1.165, 1.54) is 35.1 Å². The first kappa shape index (κ1) is 21.8. The van der Waals surface area contributed by atoms with Crippen LogP contribution in [0.5, 0.6) is 0 Å². The maximum absolute atomic E-state index is 14.2. The number of nitrogens with one attached hydrogen (secondary N) is 1. The molecular formula is C24H23F2N5OS. The predicted molar refractivity (Wildman–Crippen MR) is 126 cm³/mol. The van der Waals surface area contributed by atoms with E-state index in [-0.39, 0.29) is 10.6 Å². The Kier molecular flexibility index (Phi) is 6.01. The molecule has 1 unspecified atom stereocenters. The zero-order valence-electron chi connectivity index (χ0n) is 18.3. The summed E-state index contributed by atoms with van der Waals surface area (Å²) in [6.45, 7) is 2.22. The third-order valence-electron chi connectivity index (χ3n) is 5.55. The Labute approximate surface area is 194 Å². The smallest absolute Gasteiger partial charge is 0.136 e. The first-order valence-electron chi connectivity index (χ1n) is 10.7. The van der Waals surface area contributed by atoms with Crippen molar-refractivity contribution >= 4 is 33.2 Å². The van der Waals surface area contributed by atoms with Gasteiger partial charge in [0.2, 0.25) is 0 Å².